The fourth-order valence-corrected chi connectivity index (χ4v) is 3.27. The third-order valence-corrected chi connectivity index (χ3v) is 4.16. The summed E-state index contributed by atoms with van der Waals surface area (Å²) < 4.78 is 13.1. The van der Waals surface area contributed by atoms with Gasteiger partial charge < -0.3 is 10.0 Å². The summed E-state index contributed by atoms with van der Waals surface area (Å²) in [5.74, 6) is -0.192. The van der Waals surface area contributed by atoms with E-state index in [0.717, 1.165) is 16.3 Å². The van der Waals surface area contributed by atoms with Gasteiger partial charge in [-0.25, -0.2) is 4.39 Å². The number of hydrogen-bond acceptors (Lipinski definition) is 3. The molecule has 92 valence electrons. The molecule has 1 aromatic carbocycles. The topological polar surface area (TPSA) is 40.5 Å². The maximum Gasteiger partial charge on any atom is 0.303 e. The first kappa shape index (κ1) is 12.2. The van der Waals surface area contributed by atoms with E-state index in [4.69, 9.17) is 5.11 Å². The Bertz CT molecular complexity index is 439. The van der Waals surface area contributed by atoms with Gasteiger partial charge in [0.05, 0.1) is 5.69 Å². The van der Waals surface area contributed by atoms with E-state index in [9.17, 15) is 9.18 Å². The molecule has 0 fully saturated rings. The average Bonchev–Trinajstić information content (AvgIpc) is 2.27. The molecule has 0 aliphatic carbocycles. The summed E-state index contributed by atoms with van der Waals surface area (Å²) in [6, 6.07) is 4.93. The number of nitrogens with zero attached hydrogens (tertiary/aromatic N) is 1. The summed E-state index contributed by atoms with van der Waals surface area (Å²) in [4.78, 5) is 13.5. The first-order chi connectivity index (χ1) is 8.08. The number of thioether (sulfide) groups is 1. The van der Waals surface area contributed by atoms with Crippen molar-refractivity contribution in [2.45, 2.75) is 23.8 Å². The molecule has 5 heteroatoms. The Morgan fingerprint density at radius 3 is 3.12 bits per heavy atom. The van der Waals surface area contributed by atoms with Crippen LogP contribution in [0.3, 0.4) is 0 Å². The zero-order valence-corrected chi connectivity index (χ0v) is 10.3. The van der Waals surface area contributed by atoms with Crippen LogP contribution in [0.4, 0.5) is 10.1 Å². The lowest BCUT2D eigenvalue weighted by atomic mass is 10.1. The highest BCUT2D eigenvalue weighted by Crippen LogP contribution is 2.37. The highest BCUT2D eigenvalue weighted by molar-refractivity contribution is 7.99. The number of carboxylic acids is 1. The first-order valence-corrected chi connectivity index (χ1v) is 6.43. The Morgan fingerprint density at radius 1 is 1.65 bits per heavy atom. The third kappa shape index (κ3) is 2.72. The van der Waals surface area contributed by atoms with E-state index in [-0.39, 0.29) is 18.3 Å². The minimum absolute atomic E-state index is 0.173. The largest absolute Gasteiger partial charge is 0.481 e. The Morgan fingerprint density at radius 2 is 2.41 bits per heavy atom. The minimum atomic E-state index is -0.770. The van der Waals surface area contributed by atoms with E-state index >= 15 is 0 Å². The number of rotatable bonds is 3. The van der Waals surface area contributed by atoms with Crippen LogP contribution in [0.2, 0.25) is 0 Å². The highest BCUT2D eigenvalue weighted by Gasteiger charge is 2.24. The smallest absolute Gasteiger partial charge is 0.303 e. The molecule has 2 rings (SSSR count). The van der Waals surface area contributed by atoms with Crippen molar-refractivity contribution in [3.8, 4) is 0 Å². The monoisotopic (exact) mass is 255 g/mol. The second-order valence-corrected chi connectivity index (χ2v) is 5.18. The van der Waals surface area contributed by atoms with Gasteiger partial charge in [0.15, 0.2) is 0 Å². The fraction of sp³-hybridized carbons (Fsp3) is 0.417. The predicted molar refractivity (Wildman–Crippen MR) is 66.2 cm³/mol. The Balaban J connectivity index is 2.12. The Labute approximate surface area is 104 Å². The molecule has 0 spiro atoms. The van der Waals surface area contributed by atoms with Crippen molar-refractivity contribution in [3.05, 3.63) is 24.0 Å². The quantitative estimate of drug-likeness (QED) is 0.901. The van der Waals surface area contributed by atoms with Crippen molar-refractivity contribution in [1.82, 2.24) is 0 Å². The van der Waals surface area contributed by atoms with Crippen molar-refractivity contribution < 1.29 is 14.3 Å². The standard InChI is InChI=1S/C12H14FNO2S/c1-14-9(3-5-12(15)16)7-17-11-6-8(13)2-4-10(11)14/h2,4,6,9H,3,5,7H2,1H3,(H,15,16). The molecule has 1 aliphatic rings. The number of fused-ring (bicyclic) bond motifs is 1. The van der Waals surface area contributed by atoms with Gasteiger partial charge in [0.1, 0.15) is 5.82 Å². The molecule has 1 aromatic rings. The highest BCUT2D eigenvalue weighted by atomic mass is 32.2. The van der Waals surface area contributed by atoms with Gasteiger partial charge >= 0.3 is 5.97 Å². The zero-order valence-electron chi connectivity index (χ0n) is 9.52. The lowest BCUT2D eigenvalue weighted by Gasteiger charge is -2.35. The normalized spacial score (nSPS) is 18.9. The number of halogens is 1. The van der Waals surface area contributed by atoms with Crippen LogP contribution in [-0.4, -0.2) is 29.9 Å². The number of anilines is 1. The molecule has 0 saturated carbocycles. The minimum Gasteiger partial charge on any atom is -0.481 e. The van der Waals surface area contributed by atoms with Gasteiger partial charge in [-0.1, -0.05) is 0 Å². The van der Waals surface area contributed by atoms with Gasteiger partial charge in [-0.05, 0) is 24.6 Å². The van der Waals surface area contributed by atoms with E-state index in [1.807, 2.05) is 11.9 Å². The average molecular weight is 255 g/mol. The van der Waals surface area contributed by atoms with E-state index in [0.29, 0.717) is 6.42 Å². The molecule has 1 aliphatic heterocycles. The van der Waals surface area contributed by atoms with Gasteiger partial charge in [-0.2, -0.15) is 0 Å². The second-order valence-electron chi connectivity index (χ2n) is 4.12. The summed E-state index contributed by atoms with van der Waals surface area (Å²) in [6.45, 7) is 0. The summed E-state index contributed by atoms with van der Waals surface area (Å²) in [6.07, 6.45) is 0.793. The van der Waals surface area contributed by atoms with Crippen molar-refractivity contribution >= 4 is 23.4 Å². The molecule has 0 amide bonds. The molecule has 1 N–H and O–H groups in total. The summed E-state index contributed by atoms with van der Waals surface area (Å²) in [5, 5.41) is 8.69. The zero-order chi connectivity index (χ0) is 12.4. The molecular formula is C12H14FNO2S. The SMILES string of the molecule is CN1c2ccc(F)cc2SCC1CCC(=O)O. The molecular weight excluding hydrogens is 241 g/mol. The number of benzene rings is 1. The van der Waals surface area contributed by atoms with Crippen LogP contribution in [0.1, 0.15) is 12.8 Å². The molecule has 3 nitrogen and oxygen atoms in total. The van der Waals surface area contributed by atoms with E-state index in [2.05, 4.69) is 0 Å². The van der Waals surface area contributed by atoms with Gasteiger partial charge in [0.2, 0.25) is 0 Å². The molecule has 0 bridgehead atoms. The van der Waals surface area contributed by atoms with E-state index in [1.54, 1.807) is 17.8 Å². The van der Waals surface area contributed by atoms with Crippen molar-refractivity contribution in [3.63, 3.8) is 0 Å². The number of carboxylic acid groups (broad SMARTS) is 1. The van der Waals surface area contributed by atoms with Crippen LogP contribution >= 0.6 is 11.8 Å². The van der Waals surface area contributed by atoms with Crippen LogP contribution < -0.4 is 4.90 Å². The van der Waals surface area contributed by atoms with Crippen molar-refractivity contribution in [2.75, 3.05) is 17.7 Å². The van der Waals surface area contributed by atoms with Crippen LogP contribution in [0, 0.1) is 5.82 Å². The van der Waals surface area contributed by atoms with E-state index in [1.165, 1.54) is 12.1 Å². The molecule has 17 heavy (non-hydrogen) atoms. The third-order valence-electron chi connectivity index (χ3n) is 2.97. The second kappa shape index (κ2) is 4.96. The lowest BCUT2D eigenvalue weighted by molar-refractivity contribution is -0.137. The maximum atomic E-state index is 13.1. The lowest BCUT2D eigenvalue weighted by Crippen LogP contribution is -2.37. The van der Waals surface area contributed by atoms with Crippen molar-refractivity contribution in [1.29, 1.82) is 0 Å². The molecule has 1 heterocycles. The Kier molecular flexibility index (Phi) is 3.57. The van der Waals surface area contributed by atoms with Gasteiger partial charge in [0.25, 0.3) is 0 Å². The first-order valence-electron chi connectivity index (χ1n) is 5.45. The predicted octanol–water partition coefficient (Wildman–Crippen LogP) is 2.60. The van der Waals surface area contributed by atoms with Gasteiger partial charge in [-0.3, -0.25) is 4.79 Å². The van der Waals surface area contributed by atoms with Crippen LogP contribution in [-0.2, 0) is 4.79 Å². The van der Waals surface area contributed by atoms with E-state index < -0.39 is 5.97 Å². The summed E-state index contributed by atoms with van der Waals surface area (Å²) in [7, 11) is 1.93. The molecule has 1 unspecified atom stereocenters. The van der Waals surface area contributed by atoms with Gasteiger partial charge in [-0.15, -0.1) is 11.8 Å². The molecule has 0 radical (unpaired) electrons. The maximum absolute atomic E-state index is 13.1. The van der Waals surface area contributed by atoms with Gasteiger partial charge in [0, 0.05) is 30.2 Å². The molecule has 1 atom stereocenters. The van der Waals surface area contributed by atoms with Crippen LogP contribution in [0.5, 0.6) is 0 Å². The van der Waals surface area contributed by atoms with Crippen LogP contribution in [0.15, 0.2) is 23.1 Å². The van der Waals surface area contributed by atoms with Crippen molar-refractivity contribution in [2.24, 2.45) is 0 Å². The molecule has 0 saturated heterocycles. The number of hydrogen-bond donors (Lipinski definition) is 1. The number of aliphatic carboxylic acids is 1. The van der Waals surface area contributed by atoms with Crippen LogP contribution in [0.25, 0.3) is 0 Å². The fourth-order valence-electron chi connectivity index (χ4n) is 1.96. The number of carbonyl (C=O) groups is 1. The summed E-state index contributed by atoms with van der Waals surface area (Å²) >= 11 is 1.59. The summed E-state index contributed by atoms with van der Waals surface area (Å²) in [5.41, 5.74) is 0.984. The Hall–Kier alpha value is -1.23. The molecule has 0 aromatic heterocycles.